The monoisotopic (exact) mass is 342 g/mol. The van der Waals surface area contributed by atoms with E-state index < -0.39 is 0 Å². The van der Waals surface area contributed by atoms with Gasteiger partial charge in [0.15, 0.2) is 0 Å². The SMILES string of the molecule is CNCC(C)C(=O)N(Cc1cc(OC)ccc1OC)C1CC1.Cl. The van der Waals surface area contributed by atoms with Gasteiger partial charge in [-0.1, -0.05) is 6.92 Å². The number of nitrogens with zero attached hydrogens (tertiary/aromatic N) is 1. The zero-order valence-corrected chi connectivity index (χ0v) is 15.1. The zero-order valence-electron chi connectivity index (χ0n) is 14.3. The third-order valence-corrected chi connectivity index (χ3v) is 4.03. The lowest BCUT2D eigenvalue weighted by Gasteiger charge is -2.26. The summed E-state index contributed by atoms with van der Waals surface area (Å²) in [6.07, 6.45) is 2.18. The number of rotatable bonds is 8. The second-order valence-electron chi connectivity index (χ2n) is 5.83. The van der Waals surface area contributed by atoms with E-state index in [2.05, 4.69) is 5.32 Å². The molecule has 0 bridgehead atoms. The summed E-state index contributed by atoms with van der Waals surface area (Å²) in [5, 5.41) is 3.08. The molecule has 0 spiro atoms. The summed E-state index contributed by atoms with van der Waals surface area (Å²) in [7, 11) is 5.17. The molecule has 1 aliphatic carbocycles. The lowest BCUT2D eigenvalue weighted by molar-refractivity contribution is -0.136. The van der Waals surface area contributed by atoms with Crippen LogP contribution in [0.2, 0.25) is 0 Å². The summed E-state index contributed by atoms with van der Waals surface area (Å²) in [6, 6.07) is 6.07. The number of amides is 1. The van der Waals surface area contributed by atoms with E-state index in [9.17, 15) is 4.79 Å². The molecule has 1 saturated carbocycles. The van der Waals surface area contributed by atoms with Crippen LogP contribution >= 0.6 is 12.4 Å². The Morgan fingerprint density at radius 3 is 2.57 bits per heavy atom. The first-order valence-corrected chi connectivity index (χ1v) is 7.76. The maximum atomic E-state index is 12.7. The number of benzene rings is 1. The Kier molecular flexibility index (Phi) is 7.65. The third kappa shape index (κ3) is 5.01. The molecule has 1 aliphatic rings. The smallest absolute Gasteiger partial charge is 0.227 e. The van der Waals surface area contributed by atoms with Crippen LogP contribution in [0.3, 0.4) is 0 Å². The van der Waals surface area contributed by atoms with Crippen LogP contribution in [0, 0.1) is 5.92 Å². The minimum Gasteiger partial charge on any atom is -0.497 e. The minimum absolute atomic E-state index is 0. The second-order valence-corrected chi connectivity index (χ2v) is 5.83. The lowest BCUT2D eigenvalue weighted by Crippen LogP contribution is -2.39. The van der Waals surface area contributed by atoms with Gasteiger partial charge in [0.05, 0.1) is 14.2 Å². The van der Waals surface area contributed by atoms with Crippen molar-refractivity contribution in [1.29, 1.82) is 0 Å². The van der Waals surface area contributed by atoms with Gasteiger partial charge in [0.2, 0.25) is 5.91 Å². The molecular formula is C17H27ClN2O3. The molecule has 0 aliphatic heterocycles. The summed E-state index contributed by atoms with van der Waals surface area (Å²) in [6.45, 7) is 3.23. The van der Waals surface area contributed by atoms with Crippen LogP contribution in [0.5, 0.6) is 11.5 Å². The number of hydrogen-bond donors (Lipinski definition) is 1. The average Bonchev–Trinajstić information content (AvgIpc) is 3.36. The highest BCUT2D eigenvalue weighted by Crippen LogP contribution is 2.32. The van der Waals surface area contributed by atoms with E-state index >= 15 is 0 Å². The maximum absolute atomic E-state index is 12.7. The molecule has 23 heavy (non-hydrogen) atoms. The molecule has 0 radical (unpaired) electrons. The van der Waals surface area contributed by atoms with Gasteiger partial charge in [0.1, 0.15) is 11.5 Å². The van der Waals surface area contributed by atoms with Gasteiger partial charge in [-0.05, 0) is 38.1 Å². The van der Waals surface area contributed by atoms with Gasteiger partial charge in [-0.2, -0.15) is 0 Å². The number of hydrogen-bond acceptors (Lipinski definition) is 4. The van der Waals surface area contributed by atoms with Crippen molar-refractivity contribution < 1.29 is 14.3 Å². The molecule has 2 rings (SSSR count). The van der Waals surface area contributed by atoms with Crippen molar-refractivity contribution >= 4 is 18.3 Å². The van der Waals surface area contributed by atoms with Crippen molar-refractivity contribution in [1.82, 2.24) is 10.2 Å². The van der Waals surface area contributed by atoms with Crippen LogP contribution in [-0.2, 0) is 11.3 Å². The normalized spacial score (nSPS) is 14.6. The summed E-state index contributed by atoms with van der Waals surface area (Å²) in [5.74, 6) is 1.74. The Balaban J connectivity index is 0.00000264. The number of halogens is 1. The highest BCUT2D eigenvalue weighted by atomic mass is 35.5. The Morgan fingerprint density at radius 1 is 1.35 bits per heavy atom. The highest BCUT2D eigenvalue weighted by Gasteiger charge is 2.34. The van der Waals surface area contributed by atoms with Crippen LogP contribution in [-0.4, -0.2) is 44.7 Å². The highest BCUT2D eigenvalue weighted by molar-refractivity contribution is 5.85. The lowest BCUT2D eigenvalue weighted by atomic mass is 10.1. The first-order chi connectivity index (χ1) is 10.6. The standard InChI is InChI=1S/C17H26N2O3.ClH/c1-12(10-18-2)17(20)19(14-5-6-14)11-13-9-15(21-3)7-8-16(13)22-4;/h7-9,12,14,18H,5-6,10-11H2,1-4H3;1H. The van der Waals surface area contributed by atoms with Crippen molar-refractivity contribution in [3.8, 4) is 11.5 Å². The Morgan fingerprint density at radius 2 is 2.04 bits per heavy atom. The van der Waals surface area contributed by atoms with Crippen LogP contribution in [0.1, 0.15) is 25.3 Å². The van der Waals surface area contributed by atoms with Crippen LogP contribution in [0.15, 0.2) is 18.2 Å². The molecule has 5 nitrogen and oxygen atoms in total. The van der Waals surface area contributed by atoms with E-state index in [0.717, 1.165) is 29.9 Å². The Labute approximate surface area is 144 Å². The number of ether oxygens (including phenoxy) is 2. The summed E-state index contributed by atoms with van der Waals surface area (Å²) in [4.78, 5) is 14.7. The molecule has 1 aromatic carbocycles. The first-order valence-electron chi connectivity index (χ1n) is 7.76. The Hall–Kier alpha value is -1.46. The average molecular weight is 343 g/mol. The number of methoxy groups -OCH3 is 2. The quantitative estimate of drug-likeness (QED) is 0.788. The summed E-state index contributed by atoms with van der Waals surface area (Å²) >= 11 is 0. The van der Waals surface area contributed by atoms with Gasteiger partial charge in [-0.3, -0.25) is 4.79 Å². The first kappa shape index (κ1) is 19.6. The predicted octanol–water partition coefficient (Wildman–Crippen LogP) is 2.47. The van der Waals surface area contributed by atoms with Crippen molar-refractivity contribution in [3.63, 3.8) is 0 Å². The fourth-order valence-corrected chi connectivity index (χ4v) is 2.64. The molecule has 1 aromatic rings. The largest absolute Gasteiger partial charge is 0.497 e. The van der Waals surface area contributed by atoms with E-state index in [4.69, 9.17) is 9.47 Å². The van der Waals surface area contributed by atoms with Crippen LogP contribution in [0.25, 0.3) is 0 Å². The van der Waals surface area contributed by atoms with Crippen molar-refractivity contribution in [2.45, 2.75) is 32.4 Å². The van der Waals surface area contributed by atoms with Crippen molar-refractivity contribution in [3.05, 3.63) is 23.8 Å². The number of nitrogens with one attached hydrogen (secondary N) is 1. The number of carbonyl (C=O) groups excluding carboxylic acids is 1. The number of carbonyl (C=O) groups is 1. The predicted molar refractivity (Wildman–Crippen MR) is 93.5 cm³/mol. The minimum atomic E-state index is -0.0257. The molecule has 1 N–H and O–H groups in total. The van der Waals surface area contributed by atoms with Crippen molar-refractivity contribution in [2.24, 2.45) is 5.92 Å². The molecule has 0 heterocycles. The van der Waals surface area contributed by atoms with Crippen LogP contribution in [0.4, 0.5) is 0 Å². The molecule has 6 heteroatoms. The van der Waals surface area contributed by atoms with E-state index in [-0.39, 0.29) is 24.2 Å². The molecule has 1 fully saturated rings. The fourth-order valence-electron chi connectivity index (χ4n) is 2.64. The molecule has 1 unspecified atom stereocenters. The van der Waals surface area contributed by atoms with Gasteiger partial charge in [-0.25, -0.2) is 0 Å². The second kappa shape index (κ2) is 8.99. The molecule has 1 amide bonds. The van der Waals surface area contributed by atoms with Gasteiger partial charge in [0.25, 0.3) is 0 Å². The van der Waals surface area contributed by atoms with E-state index in [0.29, 0.717) is 19.1 Å². The van der Waals surface area contributed by atoms with Gasteiger partial charge >= 0.3 is 0 Å². The Bertz CT molecular complexity index is 521. The van der Waals surface area contributed by atoms with Crippen LogP contribution < -0.4 is 14.8 Å². The van der Waals surface area contributed by atoms with E-state index in [1.54, 1.807) is 14.2 Å². The fraction of sp³-hybridized carbons (Fsp3) is 0.588. The molecule has 1 atom stereocenters. The maximum Gasteiger partial charge on any atom is 0.227 e. The molecule has 0 aromatic heterocycles. The van der Waals surface area contributed by atoms with Crippen molar-refractivity contribution in [2.75, 3.05) is 27.8 Å². The van der Waals surface area contributed by atoms with E-state index in [1.165, 1.54) is 0 Å². The molecule has 130 valence electrons. The topological polar surface area (TPSA) is 50.8 Å². The van der Waals surface area contributed by atoms with E-state index in [1.807, 2.05) is 37.1 Å². The van der Waals surface area contributed by atoms with Gasteiger partial charge in [-0.15, -0.1) is 12.4 Å². The van der Waals surface area contributed by atoms with Gasteiger partial charge < -0.3 is 19.7 Å². The summed E-state index contributed by atoms with van der Waals surface area (Å²) < 4.78 is 10.7. The van der Waals surface area contributed by atoms with Gasteiger partial charge in [0, 0.05) is 30.6 Å². The molecule has 0 saturated heterocycles. The summed E-state index contributed by atoms with van der Waals surface area (Å²) in [5.41, 5.74) is 0.985. The third-order valence-electron chi connectivity index (χ3n) is 4.03. The molecular weight excluding hydrogens is 316 g/mol. The zero-order chi connectivity index (χ0) is 16.1.